The Morgan fingerprint density at radius 1 is 1.05 bits per heavy atom. The molecule has 0 bridgehead atoms. The summed E-state index contributed by atoms with van der Waals surface area (Å²) in [5, 5.41) is 18.8. The van der Waals surface area contributed by atoms with Crippen LogP contribution < -0.4 is 30.1 Å². The van der Waals surface area contributed by atoms with Crippen molar-refractivity contribution in [2.75, 3.05) is 13.2 Å². The minimum absolute atomic E-state index is 0. The van der Waals surface area contributed by atoms with Crippen LogP contribution >= 0.6 is 0 Å². The van der Waals surface area contributed by atoms with Crippen molar-refractivity contribution in [3.05, 3.63) is 41.5 Å². The summed E-state index contributed by atoms with van der Waals surface area (Å²) in [6.45, 7) is 6.34. The molecule has 1 atom stereocenters. The molecule has 0 spiro atoms. The number of rotatable bonds is 2. The van der Waals surface area contributed by atoms with E-state index < -0.39 is 0 Å². The molecular formula is C15H23Cl2NO2Ti. The fraction of sp³-hybridized carbons (Fsp3) is 0.467. The number of hydrogen-bond acceptors (Lipinski definition) is 3. The molecule has 3 N–H and O–H groups in total. The number of hydrogen-bond donors (Lipinski definition) is 3. The van der Waals surface area contributed by atoms with Crippen LogP contribution in [0.5, 0.6) is 0 Å². The zero-order chi connectivity index (χ0) is 13.6. The summed E-state index contributed by atoms with van der Waals surface area (Å²) in [7, 11) is 0. The molecule has 1 aromatic rings. The zero-order valence-electron chi connectivity index (χ0n) is 12.6. The number of halogens is 2. The van der Waals surface area contributed by atoms with Gasteiger partial charge >= 0.3 is 21.7 Å². The van der Waals surface area contributed by atoms with Gasteiger partial charge in [0.2, 0.25) is 0 Å². The average molecular weight is 368 g/mol. The molecular weight excluding hydrogens is 345 g/mol. The molecule has 0 fully saturated rings. The number of fused-ring (bicyclic) bond motifs is 1. The van der Waals surface area contributed by atoms with Crippen LogP contribution in [0.1, 0.15) is 37.9 Å². The second kappa shape index (κ2) is 12.7. The van der Waals surface area contributed by atoms with Crippen molar-refractivity contribution in [1.29, 1.82) is 0 Å². The van der Waals surface area contributed by atoms with Crippen LogP contribution in [0, 0.1) is 0 Å². The summed E-state index contributed by atoms with van der Waals surface area (Å²) < 4.78 is 0. The van der Waals surface area contributed by atoms with E-state index in [4.69, 9.17) is 10.2 Å². The smallest absolute Gasteiger partial charge is 1.00 e. The van der Waals surface area contributed by atoms with Crippen LogP contribution in [-0.4, -0.2) is 29.0 Å². The van der Waals surface area contributed by atoms with E-state index in [1.54, 1.807) is 0 Å². The summed E-state index contributed by atoms with van der Waals surface area (Å²) in [5.74, 6) is 0. The molecule has 0 aromatic heterocycles. The van der Waals surface area contributed by atoms with E-state index in [0.29, 0.717) is 6.04 Å². The van der Waals surface area contributed by atoms with Gasteiger partial charge in [-0.2, -0.15) is 0 Å². The molecule has 1 aliphatic rings. The maximum absolute atomic E-state index is 7.62. The topological polar surface area (TPSA) is 52.5 Å². The van der Waals surface area contributed by atoms with Gasteiger partial charge in [0.05, 0.1) is 19.3 Å². The van der Waals surface area contributed by atoms with E-state index >= 15 is 0 Å². The number of aliphatic hydroxyl groups is 2. The van der Waals surface area contributed by atoms with Gasteiger partial charge in [-0.1, -0.05) is 36.4 Å². The maximum atomic E-state index is 7.62. The molecule has 6 heteroatoms. The van der Waals surface area contributed by atoms with E-state index in [0.717, 1.165) is 0 Å². The van der Waals surface area contributed by atoms with Crippen LogP contribution in [0.2, 0.25) is 0 Å². The van der Waals surface area contributed by atoms with E-state index in [1.807, 2.05) is 0 Å². The first-order valence-corrected chi connectivity index (χ1v) is 6.24. The largest absolute Gasteiger partial charge is 2.00 e. The van der Waals surface area contributed by atoms with Gasteiger partial charge in [0.1, 0.15) is 0 Å². The van der Waals surface area contributed by atoms with Crippen LogP contribution in [0.4, 0.5) is 0 Å². The van der Waals surface area contributed by atoms with Gasteiger partial charge in [-0.3, -0.25) is 0 Å². The number of benzene rings is 1. The summed E-state index contributed by atoms with van der Waals surface area (Å²) in [6, 6.07) is 8.92. The molecule has 3 nitrogen and oxygen atoms in total. The molecule has 0 saturated heterocycles. The van der Waals surface area contributed by atoms with Crippen LogP contribution in [-0.2, 0) is 21.7 Å². The zero-order valence-corrected chi connectivity index (χ0v) is 15.7. The molecule has 1 unspecified atom stereocenters. The van der Waals surface area contributed by atoms with Crippen molar-refractivity contribution in [1.82, 2.24) is 5.32 Å². The molecule has 0 radical (unpaired) electrons. The Hall–Kier alpha value is 0.134. The normalized spacial score (nSPS) is 14.6. The van der Waals surface area contributed by atoms with Crippen molar-refractivity contribution in [3.8, 4) is 0 Å². The molecule has 0 amide bonds. The average Bonchev–Trinajstić information content (AvgIpc) is 2.71. The molecule has 21 heavy (non-hydrogen) atoms. The van der Waals surface area contributed by atoms with Crippen molar-refractivity contribution in [2.45, 2.75) is 32.4 Å². The van der Waals surface area contributed by atoms with Gasteiger partial charge in [-0.15, -0.1) is 0 Å². The first kappa shape index (κ1) is 26.1. The first-order chi connectivity index (χ1) is 8.48. The summed E-state index contributed by atoms with van der Waals surface area (Å²) in [5.41, 5.74) is 2.89. The second-order valence-electron chi connectivity index (χ2n) is 5.31. The quantitative estimate of drug-likeness (QED) is 0.469. The van der Waals surface area contributed by atoms with E-state index in [9.17, 15) is 0 Å². The van der Waals surface area contributed by atoms with Crippen LogP contribution in [0.25, 0.3) is 6.08 Å². The third kappa shape index (κ3) is 9.69. The number of aliphatic hydroxyl groups excluding tert-OH is 2. The number of nitrogens with one attached hydrogen (secondary N) is 1. The molecule has 2 rings (SSSR count). The van der Waals surface area contributed by atoms with Crippen molar-refractivity contribution < 1.29 is 56.7 Å². The van der Waals surface area contributed by atoms with Gasteiger partial charge in [0, 0.05) is 5.54 Å². The Balaban J connectivity index is -0.000000417. The van der Waals surface area contributed by atoms with Gasteiger partial charge in [-0.05, 0) is 31.9 Å². The van der Waals surface area contributed by atoms with E-state index in [1.165, 1.54) is 11.1 Å². The Morgan fingerprint density at radius 2 is 1.57 bits per heavy atom. The summed E-state index contributed by atoms with van der Waals surface area (Å²) >= 11 is 0. The molecule has 0 aliphatic heterocycles. The predicted molar refractivity (Wildman–Crippen MR) is 75.3 cm³/mol. The SMILES string of the molecule is CC(C)(C)NC1C=Cc2ccccc21.OCCO.[Cl-].[Cl-].[Ti+2]. The van der Waals surface area contributed by atoms with Crippen molar-refractivity contribution in [2.24, 2.45) is 0 Å². The third-order valence-electron chi connectivity index (χ3n) is 2.49. The van der Waals surface area contributed by atoms with Crippen LogP contribution in [0.3, 0.4) is 0 Å². The standard InChI is InChI=1S/C13H17N.C2H6O2.2ClH.Ti/c1-13(2,3)14-12-9-8-10-6-4-5-7-11(10)12;3-1-2-4;;;/h4-9,12,14H,1-3H3;3-4H,1-2H2;2*1H;/q;;;;+2/p-2. The minimum Gasteiger partial charge on any atom is -1.00 e. The Morgan fingerprint density at radius 3 is 2.05 bits per heavy atom. The van der Waals surface area contributed by atoms with Gasteiger partial charge < -0.3 is 40.3 Å². The fourth-order valence-corrected chi connectivity index (χ4v) is 1.84. The minimum atomic E-state index is -0.125. The van der Waals surface area contributed by atoms with E-state index in [-0.39, 0.29) is 65.3 Å². The molecule has 0 heterocycles. The van der Waals surface area contributed by atoms with Crippen LogP contribution in [0.15, 0.2) is 30.3 Å². The van der Waals surface area contributed by atoms with E-state index in [2.05, 4.69) is 62.5 Å². The van der Waals surface area contributed by atoms with Gasteiger partial charge in [-0.25, -0.2) is 0 Å². The monoisotopic (exact) mass is 367 g/mol. The first-order valence-electron chi connectivity index (χ1n) is 6.24. The summed E-state index contributed by atoms with van der Waals surface area (Å²) in [6.07, 6.45) is 4.43. The molecule has 1 aromatic carbocycles. The Bertz CT molecular complexity index is 407. The van der Waals surface area contributed by atoms with Gasteiger partial charge in [0.15, 0.2) is 0 Å². The summed E-state index contributed by atoms with van der Waals surface area (Å²) in [4.78, 5) is 0. The second-order valence-corrected chi connectivity index (χ2v) is 5.31. The Labute approximate surface area is 154 Å². The van der Waals surface area contributed by atoms with Crippen molar-refractivity contribution in [3.63, 3.8) is 0 Å². The molecule has 1 aliphatic carbocycles. The molecule has 0 saturated carbocycles. The predicted octanol–water partition coefficient (Wildman–Crippen LogP) is -3.88. The van der Waals surface area contributed by atoms with Gasteiger partial charge in [0.25, 0.3) is 0 Å². The third-order valence-corrected chi connectivity index (χ3v) is 2.49. The molecule has 118 valence electrons. The maximum Gasteiger partial charge on any atom is 2.00 e. The van der Waals surface area contributed by atoms with Crippen molar-refractivity contribution >= 4 is 6.08 Å². The Kier molecular flexibility index (Phi) is 15.7. The fourth-order valence-electron chi connectivity index (χ4n) is 1.84.